The Balaban J connectivity index is 1.84. The van der Waals surface area contributed by atoms with Gasteiger partial charge in [0.1, 0.15) is 5.75 Å². The SMILES string of the molecule is COc1ccc2c(c1)C(c1ccc3ccccc3c1)OC2=O. The third kappa shape index (κ3) is 1.94. The fraction of sp³-hybridized carbons (Fsp3) is 0.105. The van der Waals surface area contributed by atoms with E-state index >= 15 is 0 Å². The highest BCUT2D eigenvalue weighted by Crippen LogP contribution is 2.38. The normalized spacial score (nSPS) is 16.4. The van der Waals surface area contributed by atoms with E-state index in [1.165, 1.54) is 5.39 Å². The average Bonchev–Trinajstić information content (AvgIpc) is 2.90. The highest BCUT2D eigenvalue weighted by Gasteiger charge is 2.32. The molecule has 3 aromatic carbocycles. The van der Waals surface area contributed by atoms with Crippen molar-refractivity contribution in [1.82, 2.24) is 0 Å². The van der Waals surface area contributed by atoms with Crippen molar-refractivity contribution in [2.45, 2.75) is 6.10 Å². The molecule has 0 radical (unpaired) electrons. The molecule has 3 aromatic rings. The maximum absolute atomic E-state index is 12.0. The van der Waals surface area contributed by atoms with Gasteiger partial charge in [0.15, 0.2) is 6.10 Å². The standard InChI is InChI=1S/C19H14O3/c1-21-15-8-9-16-17(11-15)18(22-19(16)20)14-7-6-12-4-2-3-5-13(12)10-14/h2-11,18H,1H3. The molecule has 4 rings (SSSR count). The molecule has 0 bridgehead atoms. The molecular formula is C19H14O3. The molecule has 3 nitrogen and oxygen atoms in total. The second-order valence-electron chi connectivity index (χ2n) is 5.35. The van der Waals surface area contributed by atoms with E-state index in [1.807, 2.05) is 24.3 Å². The molecule has 0 saturated heterocycles. The van der Waals surface area contributed by atoms with Gasteiger partial charge in [-0.25, -0.2) is 4.79 Å². The Morgan fingerprint density at radius 2 is 1.77 bits per heavy atom. The molecule has 22 heavy (non-hydrogen) atoms. The zero-order chi connectivity index (χ0) is 15.1. The van der Waals surface area contributed by atoms with Gasteiger partial charge in [-0.2, -0.15) is 0 Å². The van der Waals surface area contributed by atoms with Crippen LogP contribution in [-0.4, -0.2) is 13.1 Å². The number of hydrogen-bond acceptors (Lipinski definition) is 3. The Kier molecular flexibility index (Phi) is 2.86. The summed E-state index contributed by atoms with van der Waals surface area (Å²) < 4.78 is 10.8. The van der Waals surface area contributed by atoms with Gasteiger partial charge in [0.2, 0.25) is 0 Å². The van der Waals surface area contributed by atoms with Crippen LogP contribution in [0.3, 0.4) is 0 Å². The highest BCUT2D eigenvalue weighted by molar-refractivity contribution is 5.95. The monoisotopic (exact) mass is 290 g/mol. The van der Waals surface area contributed by atoms with Crippen molar-refractivity contribution in [2.75, 3.05) is 7.11 Å². The largest absolute Gasteiger partial charge is 0.497 e. The summed E-state index contributed by atoms with van der Waals surface area (Å²) in [6.45, 7) is 0. The summed E-state index contributed by atoms with van der Waals surface area (Å²) in [5.74, 6) is 0.443. The lowest BCUT2D eigenvalue weighted by Gasteiger charge is -2.12. The first-order valence-corrected chi connectivity index (χ1v) is 7.14. The number of cyclic esters (lactones) is 1. The molecule has 1 unspecified atom stereocenters. The van der Waals surface area contributed by atoms with Crippen LogP contribution < -0.4 is 4.74 Å². The fourth-order valence-electron chi connectivity index (χ4n) is 2.92. The molecule has 108 valence electrons. The van der Waals surface area contributed by atoms with E-state index in [0.29, 0.717) is 5.56 Å². The lowest BCUT2D eigenvalue weighted by Crippen LogP contribution is -2.00. The summed E-state index contributed by atoms with van der Waals surface area (Å²) >= 11 is 0. The van der Waals surface area contributed by atoms with E-state index in [2.05, 4.69) is 24.3 Å². The van der Waals surface area contributed by atoms with Gasteiger partial charge in [-0.3, -0.25) is 0 Å². The molecule has 0 aliphatic carbocycles. The Morgan fingerprint density at radius 3 is 2.59 bits per heavy atom. The van der Waals surface area contributed by atoms with Crippen LogP contribution in [0.4, 0.5) is 0 Å². The summed E-state index contributed by atoms with van der Waals surface area (Å²) in [5, 5.41) is 2.30. The number of carbonyl (C=O) groups is 1. The second kappa shape index (κ2) is 4.88. The lowest BCUT2D eigenvalue weighted by molar-refractivity contribution is 0.0456. The molecule has 3 heteroatoms. The van der Waals surface area contributed by atoms with Crippen LogP contribution in [0.15, 0.2) is 60.7 Å². The Labute approximate surface area is 128 Å². The van der Waals surface area contributed by atoms with Crippen LogP contribution in [0.1, 0.15) is 27.6 Å². The van der Waals surface area contributed by atoms with E-state index in [9.17, 15) is 4.79 Å². The quantitative estimate of drug-likeness (QED) is 0.666. The molecule has 1 atom stereocenters. The highest BCUT2D eigenvalue weighted by atomic mass is 16.5. The van der Waals surface area contributed by atoms with Gasteiger partial charge in [-0.1, -0.05) is 36.4 Å². The van der Waals surface area contributed by atoms with Gasteiger partial charge in [-0.15, -0.1) is 0 Å². The minimum Gasteiger partial charge on any atom is -0.497 e. The minimum atomic E-state index is -0.373. The predicted octanol–water partition coefficient (Wildman–Crippen LogP) is 4.11. The van der Waals surface area contributed by atoms with Gasteiger partial charge in [0.25, 0.3) is 0 Å². The topological polar surface area (TPSA) is 35.5 Å². The minimum absolute atomic E-state index is 0.282. The van der Waals surface area contributed by atoms with E-state index in [-0.39, 0.29) is 12.1 Å². The van der Waals surface area contributed by atoms with E-state index in [1.54, 1.807) is 19.2 Å². The van der Waals surface area contributed by atoms with Crippen molar-refractivity contribution in [3.05, 3.63) is 77.4 Å². The van der Waals surface area contributed by atoms with E-state index in [4.69, 9.17) is 9.47 Å². The first-order valence-electron chi connectivity index (χ1n) is 7.14. The zero-order valence-corrected chi connectivity index (χ0v) is 12.1. The number of carbonyl (C=O) groups excluding carboxylic acids is 1. The first kappa shape index (κ1) is 12.9. The Bertz CT molecular complexity index is 883. The molecule has 1 heterocycles. The van der Waals surface area contributed by atoms with E-state index < -0.39 is 0 Å². The number of methoxy groups -OCH3 is 1. The number of hydrogen-bond donors (Lipinski definition) is 0. The van der Waals surface area contributed by atoms with Crippen molar-refractivity contribution in [3.8, 4) is 5.75 Å². The molecule has 0 amide bonds. The zero-order valence-electron chi connectivity index (χ0n) is 12.1. The predicted molar refractivity (Wildman–Crippen MR) is 84.2 cm³/mol. The van der Waals surface area contributed by atoms with Gasteiger partial charge in [0, 0.05) is 5.56 Å². The summed E-state index contributed by atoms with van der Waals surface area (Å²) in [7, 11) is 1.62. The van der Waals surface area contributed by atoms with Gasteiger partial charge >= 0.3 is 5.97 Å². The van der Waals surface area contributed by atoms with E-state index in [0.717, 1.165) is 22.3 Å². The van der Waals surface area contributed by atoms with Crippen LogP contribution in [0, 0.1) is 0 Å². The van der Waals surface area contributed by atoms with Crippen LogP contribution in [-0.2, 0) is 4.74 Å². The van der Waals surface area contributed by atoms with Crippen molar-refractivity contribution in [1.29, 1.82) is 0 Å². The number of esters is 1. The number of rotatable bonds is 2. The first-order chi connectivity index (χ1) is 10.8. The van der Waals surface area contributed by atoms with Gasteiger partial charge < -0.3 is 9.47 Å². The Hall–Kier alpha value is -2.81. The van der Waals surface area contributed by atoms with Gasteiger partial charge in [0.05, 0.1) is 12.7 Å². The third-order valence-electron chi connectivity index (χ3n) is 4.06. The number of benzene rings is 3. The molecule has 0 spiro atoms. The lowest BCUT2D eigenvalue weighted by atomic mass is 9.97. The maximum Gasteiger partial charge on any atom is 0.339 e. The fourth-order valence-corrected chi connectivity index (χ4v) is 2.92. The third-order valence-corrected chi connectivity index (χ3v) is 4.06. The molecule has 1 aliphatic heterocycles. The van der Waals surface area contributed by atoms with Gasteiger partial charge in [-0.05, 0) is 40.6 Å². The molecule has 0 aromatic heterocycles. The maximum atomic E-state index is 12.0. The molecule has 1 aliphatic rings. The average molecular weight is 290 g/mol. The van der Waals surface area contributed by atoms with Crippen molar-refractivity contribution >= 4 is 16.7 Å². The van der Waals surface area contributed by atoms with Crippen LogP contribution in [0.2, 0.25) is 0 Å². The summed E-state index contributed by atoms with van der Waals surface area (Å²) in [6.07, 6.45) is -0.373. The molecule has 0 saturated carbocycles. The summed E-state index contributed by atoms with van der Waals surface area (Å²) in [6, 6.07) is 19.7. The molecule has 0 N–H and O–H groups in total. The van der Waals surface area contributed by atoms with Crippen molar-refractivity contribution in [2.24, 2.45) is 0 Å². The number of ether oxygens (including phenoxy) is 2. The van der Waals surface area contributed by atoms with Crippen LogP contribution in [0.5, 0.6) is 5.75 Å². The second-order valence-corrected chi connectivity index (χ2v) is 5.35. The smallest absolute Gasteiger partial charge is 0.339 e. The van der Waals surface area contributed by atoms with Crippen molar-refractivity contribution < 1.29 is 14.3 Å². The van der Waals surface area contributed by atoms with Crippen LogP contribution >= 0.6 is 0 Å². The van der Waals surface area contributed by atoms with Crippen LogP contribution in [0.25, 0.3) is 10.8 Å². The number of fused-ring (bicyclic) bond motifs is 2. The Morgan fingerprint density at radius 1 is 0.955 bits per heavy atom. The van der Waals surface area contributed by atoms with Crippen molar-refractivity contribution in [3.63, 3.8) is 0 Å². The summed E-state index contributed by atoms with van der Waals surface area (Å²) in [5.41, 5.74) is 2.44. The molecule has 0 fully saturated rings. The summed E-state index contributed by atoms with van der Waals surface area (Å²) in [4.78, 5) is 12.0. The molecular weight excluding hydrogens is 276 g/mol.